The average Bonchev–Trinajstić information content (AvgIpc) is 3.11. The van der Waals surface area contributed by atoms with Crippen LogP contribution in [-0.4, -0.2) is 46.5 Å². The van der Waals surface area contributed by atoms with E-state index >= 15 is 0 Å². The minimum Gasteiger partial charge on any atom is -0.465 e. The molecule has 0 amide bonds. The first-order valence-corrected chi connectivity index (χ1v) is 11.8. The molecule has 3 heterocycles. The van der Waals surface area contributed by atoms with Crippen molar-refractivity contribution in [1.82, 2.24) is 10.6 Å². The maximum absolute atomic E-state index is 12.6. The van der Waals surface area contributed by atoms with E-state index in [1.54, 1.807) is 0 Å². The Morgan fingerprint density at radius 2 is 1.86 bits per heavy atom. The number of hydrogen-bond donors (Lipinski definition) is 3. The Morgan fingerprint density at radius 3 is 2.59 bits per heavy atom. The number of aliphatic hydroxyl groups is 1. The van der Waals surface area contributed by atoms with Gasteiger partial charge in [-0.1, -0.05) is 52.4 Å². The lowest BCUT2D eigenvalue weighted by molar-refractivity contribution is -0.585. The van der Waals surface area contributed by atoms with Gasteiger partial charge in [-0.15, -0.1) is 0 Å². The summed E-state index contributed by atoms with van der Waals surface area (Å²) in [5, 5.41) is 18.2. The van der Waals surface area contributed by atoms with E-state index in [1.807, 2.05) is 0 Å². The molecule has 0 aromatic heterocycles. The third-order valence-corrected chi connectivity index (χ3v) is 6.74. The lowest BCUT2D eigenvalue weighted by Gasteiger charge is -2.38. The second kappa shape index (κ2) is 9.96. The normalized spacial score (nSPS) is 28.1. The van der Waals surface area contributed by atoms with E-state index in [0.717, 1.165) is 68.6 Å². The Balaban J connectivity index is 1.75. The first-order chi connectivity index (χ1) is 14.0. The van der Waals surface area contributed by atoms with Gasteiger partial charge in [-0.3, -0.25) is 4.58 Å². The molecular weight excluding hydrogens is 366 g/mol. The van der Waals surface area contributed by atoms with Gasteiger partial charge < -0.3 is 9.84 Å². The van der Waals surface area contributed by atoms with Crippen LogP contribution in [0.4, 0.5) is 0 Å². The fraction of sp³-hybridized carbons (Fsp3) is 0.826. The molecule has 0 saturated carbocycles. The van der Waals surface area contributed by atoms with Crippen molar-refractivity contribution in [2.75, 3.05) is 7.11 Å². The number of methoxy groups -OCH3 is 1. The van der Waals surface area contributed by atoms with Crippen LogP contribution >= 0.6 is 0 Å². The smallest absolute Gasteiger partial charge is 0.353 e. The zero-order chi connectivity index (χ0) is 20.9. The molecule has 3 aliphatic rings. The zero-order valence-corrected chi connectivity index (χ0v) is 18.6. The van der Waals surface area contributed by atoms with E-state index < -0.39 is 5.72 Å². The fourth-order valence-electron chi connectivity index (χ4n) is 5.24. The van der Waals surface area contributed by atoms with Gasteiger partial charge in [0.25, 0.3) is 0 Å². The van der Waals surface area contributed by atoms with Crippen molar-refractivity contribution < 1.29 is 19.2 Å². The summed E-state index contributed by atoms with van der Waals surface area (Å²) in [4.78, 5) is 12.6. The topological polar surface area (TPSA) is 73.6 Å². The van der Waals surface area contributed by atoms with Gasteiger partial charge in [0.1, 0.15) is 11.6 Å². The van der Waals surface area contributed by atoms with E-state index in [9.17, 15) is 9.90 Å². The summed E-state index contributed by atoms with van der Waals surface area (Å²) in [6.07, 6.45) is 13.5. The fourth-order valence-corrected chi connectivity index (χ4v) is 5.24. The maximum atomic E-state index is 12.6. The summed E-state index contributed by atoms with van der Waals surface area (Å²) in [5.41, 5.74) is 0.908. The lowest BCUT2D eigenvalue weighted by Crippen LogP contribution is -2.65. The van der Waals surface area contributed by atoms with Crippen molar-refractivity contribution in [2.45, 2.75) is 115 Å². The standard InChI is InChI=1S/C23H39N3O3/c1-4-6-8-9-11-15-23(28)16-17-13-14-19-20(21(27)29-3)18(12-10-7-5-2)24-22(25-23)26(17)19/h17,19,28H,4-16H2,1-3H3,(H,24,25,27)/p+1/t17-,19+,23-/m1/s1. The number of nitrogens with one attached hydrogen (secondary N) is 2. The maximum Gasteiger partial charge on any atom is 0.353 e. The van der Waals surface area contributed by atoms with Crippen LogP contribution in [0.5, 0.6) is 0 Å². The molecule has 0 aromatic rings. The second-order valence-corrected chi connectivity index (χ2v) is 8.99. The van der Waals surface area contributed by atoms with Gasteiger partial charge in [0.15, 0.2) is 5.72 Å². The van der Waals surface area contributed by atoms with Crippen LogP contribution in [0.15, 0.2) is 11.3 Å². The molecule has 0 spiro atoms. The van der Waals surface area contributed by atoms with Crippen LogP contribution in [0, 0.1) is 0 Å². The van der Waals surface area contributed by atoms with Crippen LogP contribution in [-0.2, 0) is 9.53 Å². The monoisotopic (exact) mass is 406 g/mol. The van der Waals surface area contributed by atoms with Gasteiger partial charge in [-0.05, 0) is 25.7 Å². The predicted molar refractivity (Wildman–Crippen MR) is 114 cm³/mol. The number of rotatable bonds is 11. The number of hydrogen-bond acceptors (Lipinski definition) is 5. The lowest BCUT2D eigenvalue weighted by atomic mass is 9.94. The molecule has 1 saturated heterocycles. The van der Waals surface area contributed by atoms with Crippen LogP contribution in [0.25, 0.3) is 0 Å². The van der Waals surface area contributed by atoms with E-state index in [2.05, 4.69) is 29.1 Å². The molecule has 6 heteroatoms. The van der Waals surface area contributed by atoms with Crippen molar-refractivity contribution in [3.63, 3.8) is 0 Å². The van der Waals surface area contributed by atoms with Crippen molar-refractivity contribution in [2.24, 2.45) is 0 Å². The molecule has 0 radical (unpaired) electrons. The van der Waals surface area contributed by atoms with Crippen LogP contribution in [0.3, 0.4) is 0 Å². The molecule has 3 atom stereocenters. The summed E-state index contributed by atoms with van der Waals surface area (Å²) in [6, 6.07) is 0.322. The van der Waals surface area contributed by atoms with Crippen molar-refractivity contribution >= 4 is 11.9 Å². The molecule has 0 aliphatic carbocycles. The molecule has 3 aliphatic heterocycles. The van der Waals surface area contributed by atoms with Crippen LogP contribution < -0.4 is 10.6 Å². The number of nitrogens with zero attached hydrogens (tertiary/aromatic N) is 1. The Labute approximate surface area is 175 Å². The van der Waals surface area contributed by atoms with Crippen LogP contribution in [0.1, 0.15) is 97.3 Å². The summed E-state index contributed by atoms with van der Waals surface area (Å²) >= 11 is 0. The number of unbranched alkanes of at least 4 members (excludes halogenated alkanes) is 6. The van der Waals surface area contributed by atoms with E-state index in [1.165, 1.54) is 32.8 Å². The molecule has 6 nitrogen and oxygen atoms in total. The highest BCUT2D eigenvalue weighted by Gasteiger charge is 2.52. The van der Waals surface area contributed by atoms with Gasteiger partial charge in [-0.25, -0.2) is 15.4 Å². The highest BCUT2D eigenvalue weighted by Crippen LogP contribution is 2.37. The average molecular weight is 407 g/mol. The quantitative estimate of drug-likeness (QED) is 0.278. The molecule has 29 heavy (non-hydrogen) atoms. The number of ether oxygens (including phenoxy) is 1. The Hall–Kier alpha value is -1.56. The molecular formula is C23H40N3O3+. The first-order valence-electron chi connectivity index (χ1n) is 11.8. The number of carbonyl (C=O) groups excluding carboxylic acids is 1. The van der Waals surface area contributed by atoms with Gasteiger partial charge in [0.2, 0.25) is 0 Å². The summed E-state index contributed by atoms with van der Waals surface area (Å²) in [5.74, 6) is 0.671. The summed E-state index contributed by atoms with van der Waals surface area (Å²) < 4.78 is 7.43. The zero-order valence-electron chi connectivity index (χ0n) is 18.6. The van der Waals surface area contributed by atoms with Crippen LogP contribution in [0.2, 0.25) is 0 Å². The molecule has 1 fully saturated rings. The molecule has 164 valence electrons. The minimum atomic E-state index is -0.859. The third kappa shape index (κ3) is 4.96. The number of guanidine groups is 1. The predicted octanol–water partition coefficient (Wildman–Crippen LogP) is 3.54. The van der Waals surface area contributed by atoms with Gasteiger partial charge >= 0.3 is 11.9 Å². The largest absolute Gasteiger partial charge is 0.465 e. The van der Waals surface area contributed by atoms with Gasteiger partial charge in [-0.2, -0.15) is 0 Å². The molecule has 3 N–H and O–H groups in total. The van der Waals surface area contributed by atoms with E-state index in [-0.39, 0.29) is 18.1 Å². The summed E-state index contributed by atoms with van der Waals surface area (Å²) in [6.45, 7) is 4.41. The van der Waals surface area contributed by atoms with Crippen molar-refractivity contribution in [3.05, 3.63) is 11.3 Å². The number of carbonyl (C=O) groups is 1. The van der Waals surface area contributed by atoms with Gasteiger partial charge in [0.05, 0.1) is 18.8 Å². The third-order valence-electron chi connectivity index (χ3n) is 6.74. The molecule has 3 rings (SSSR count). The highest BCUT2D eigenvalue weighted by atomic mass is 16.5. The van der Waals surface area contributed by atoms with Gasteiger partial charge in [0, 0.05) is 19.3 Å². The molecule has 0 bridgehead atoms. The second-order valence-electron chi connectivity index (χ2n) is 8.99. The van der Waals surface area contributed by atoms with Crippen molar-refractivity contribution in [3.8, 4) is 0 Å². The molecule has 0 unspecified atom stereocenters. The molecule has 0 aromatic carbocycles. The minimum absolute atomic E-state index is 0.0573. The summed E-state index contributed by atoms with van der Waals surface area (Å²) in [7, 11) is 1.47. The number of esters is 1. The Morgan fingerprint density at radius 1 is 1.14 bits per heavy atom. The number of allylic oxidation sites excluding steroid dienone is 1. The highest BCUT2D eigenvalue weighted by molar-refractivity contribution is 5.93. The first kappa shape index (κ1) is 22.1. The van der Waals surface area contributed by atoms with E-state index in [0.29, 0.717) is 6.42 Å². The SMILES string of the molecule is CCCCCCC[C@@]1(O)C[C@H]2CC[C@H]3C(C(=O)OC)=C(CCCCC)NC(=[N+]23)N1. The Kier molecular flexibility index (Phi) is 7.60. The van der Waals surface area contributed by atoms with Crippen molar-refractivity contribution in [1.29, 1.82) is 0 Å². The van der Waals surface area contributed by atoms with E-state index in [4.69, 9.17) is 4.74 Å². The Bertz CT molecular complexity index is 658.